The van der Waals surface area contributed by atoms with Gasteiger partial charge in [-0.2, -0.15) is 53.6 Å². The van der Waals surface area contributed by atoms with Crippen molar-refractivity contribution in [1.82, 2.24) is 0 Å². The largest absolute Gasteiger partial charge is 0.506 e. The molecule has 182 valence electrons. The number of allylic oxidation sites excluding steroid dienone is 1. The molecule has 2 rings (SSSR count). The van der Waals surface area contributed by atoms with E-state index < -0.39 is 63.8 Å². The maximum atomic E-state index is 13.2. The highest BCUT2D eigenvalue weighted by atomic mass is 19.4. The number of hydrogen-bond acceptors (Lipinski definition) is 3. The standard InChI is InChI=1S/C20H8F11NO2/c21-17(22,20(29,30)31)16(34)14(8-32)15(33)10-3-1-9(2-4-10)11-5-12(18(23,24)25)7-13(6-11)19(26,27)28/h1-7,33H/b15-14-. The Morgan fingerprint density at radius 1 is 0.735 bits per heavy atom. The fourth-order valence-corrected chi connectivity index (χ4v) is 2.58. The van der Waals surface area contributed by atoms with Gasteiger partial charge in [0, 0.05) is 5.56 Å². The molecule has 0 aromatic heterocycles. The highest BCUT2D eigenvalue weighted by Crippen LogP contribution is 2.40. The number of aliphatic hydroxyl groups excluding tert-OH is 1. The highest BCUT2D eigenvalue weighted by molar-refractivity contribution is 6.09. The molecule has 3 nitrogen and oxygen atoms in total. The van der Waals surface area contributed by atoms with Gasteiger partial charge in [-0.05, 0) is 29.3 Å². The number of nitrogens with zero attached hydrogens (tertiary/aromatic N) is 1. The summed E-state index contributed by atoms with van der Waals surface area (Å²) in [7, 11) is 0. The quantitative estimate of drug-likeness (QED) is 0.213. The summed E-state index contributed by atoms with van der Waals surface area (Å²) in [5, 5.41) is 18.7. The first-order valence-corrected chi connectivity index (χ1v) is 8.53. The van der Waals surface area contributed by atoms with Gasteiger partial charge in [0.05, 0.1) is 11.1 Å². The van der Waals surface area contributed by atoms with Crippen LogP contribution >= 0.6 is 0 Å². The Morgan fingerprint density at radius 2 is 1.18 bits per heavy atom. The third kappa shape index (κ3) is 5.29. The van der Waals surface area contributed by atoms with Crippen molar-refractivity contribution < 1.29 is 58.2 Å². The Labute approximate surface area is 182 Å². The summed E-state index contributed by atoms with van der Waals surface area (Å²) in [6, 6.07) is 4.30. The zero-order chi connectivity index (χ0) is 26.3. The van der Waals surface area contributed by atoms with Crippen LogP contribution in [-0.2, 0) is 17.1 Å². The average molecular weight is 503 g/mol. The lowest BCUT2D eigenvalue weighted by atomic mass is 9.96. The van der Waals surface area contributed by atoms with Gasteiger partial charge in [0.1, 0.15) is 17.4 Å². The molecule has 0 unspecified atom stereocenters. The van der Waals surface area contributed by atoms with Gasteiger partial charge in [0.2, 0.25) is 0 Å². The number of hydrogen-bond donors (Lipinski definition) is 1. The van der Waals surface area contributed by atoms with E-state index in [9.17, 15) is 58.2 Å². The number of benzene rings is 2. The van der Waals surface area contributed by atoms with E-state index in [1.165, 1.54) is 0 Å². The lowest BCUT2D eigenvalue weighted by molar-refractivity contribution is -0.266. The molecular weight excluding hydrogens is 495 g/mol. The zero-order valence-corrected chi connectivity index (χ0v) is 16.0. The van der Waals surface area contributed by atoms with Gasteiger partial charge in [-0.15, -0.1) is 0 Å². The number of halogens is 11. The van der Waals surface area contributed by atoms with Crippen LogP contribution in [-0.4, -0.2) is 23.0 Å². The van der Waals surface area contributed by atoms with Gasteiger partial charge >= 0.3 is 24.5 Å². The van der Waals surface area contributed by atoms with E-state index in [-0.39, 0.29) is 11.6 Å². The first-order valence-electron chi connectivity index (χ1n) is 8.53. The molecule has 34 heavy (non-hydrogen) atoms. The molecule has 1 N–H and O–H groups in total. The summed E-state index contributed by atoms with van der Waals surface area (Å²) >= 11 is 0. The minimum Gasteiger partial charge on any atom is -0.506 e. The maximum Gasteiger partial charge on any atom is 0.461 e. The molecule has 0 spiro atoms. The molecule has 0 radical (unpaired) electrons. The van der Waals surface area contributed by atoms with Crippen LogP contribution in [0.5, 0.6) is 0 Å². The first-order chi connectivity index (χ1) is 15.3. The Bertz CT molecular complexity index is 1130. The fourth-order valence-electron chi connectivity index (χ4n) is 2.58. The molecule has 2 aromatic carbocycles. The summed E-state index contributed by atoms with van der Waals surface area (Å²) in [6.45, 7) is 0. The van der Waals surface area contributed by atoms with Crippen LogP contribution in [0.1, 0.15) is 16.7 Å². The summed E-state index contributed by atoms with van der Waals surface area (Å²) < 4.78 is 142. The lowest BCUT2D eigenvalue weighted by Crippen LogP contribution is -2.44. The Balaban J connectivity index is 2.57. The number of carbonyl (C=O) groups is 1. The molecule has 14 heteroatoms. The number of carbonyl (C=O) groups excluding carboxylic acids is 1. The molecular formula is C20H8F11NO2. The summed E-state index contributed by atoms with van der Waals surface area (Å²) in [6.07, 6.45) is -16.7. The van der Waals surface area contributed by atoms with Crippen molar-refractivity contribution in [3.63, 3.8) is 0 Å². The fraction of sp³-hybridized carbons (Fsp3) is 0.200. The van der Waals surface area contributed by atoms with Crippen LogP contribution in [0.2, 0.25) is 0 Å². The number of aliphatic hydroxyl groups is 1. The monoisotopic (exact) mass is 503 g/mol. The summed E-state index contributed by atoms with van der Waals surface area (Å²) in [4.78, 5) is 11.5. The summed E-state index contributed by atoms with van der Waals surface area (Å²) in [5.74, 6) is -10.7. The molecule has 0 aliphatic carbocycles. The van der Waals surface area contributed by atoms with Crippen molar-refractivity contribution in [2.75, 3.05) is 0 Å². The Kier molecular flexibility index (Phi) is 6.75. The van der Waals surface area contributed by atoms with Gasteiger partial charge in [0.25, 0.3) is 5.78 Å². The van der Waals surface area contributed by atoms with Crippen LogP contribution in [0.15, 0.2) is 48.0 Å². The van der Waals surface area contributed by atoms with Crippen molar-refractivity contribution in [2.24, 2.45) is 0 Å². The van der Waals surface area contributed by atoms with Crippen molar-refractivity contribution >= 4 is 11.5 Å². The molecule has 0 saturated carbocycles. The number of Topliss-reactive ketones (excluding diaryl/α,β-unsaturated/α-hetero) is 1. The SMILES string of the molecule is N#C/C(C(=O)C(F)(F)C(F)(F)F)=C(/O)c1ccc(-c2cc(C(F)(F)F)cc(C(F)(F)F)c2)cc1. The minimum atomic E-state index is -6.38. The van der Waals surface area contributed by atoms with E-state index >= 15 is 0 Å². The van der Waals surface area contributed by atoms with Crippen molar-refractivity contribution in [3.8, 4) is 17.2 Å². The van der Waals surface area contributed by atoms with Gasteiger partial charge in [-0.25, -0.2) is 0 Å². The van der Waals surface area contributed by atoms with E-state index in [1.54, 1.807) is 0 Å². The predicted molar refractivity (Wildman–Crippen MR) is 93.1 cm³/mol. The van der Waals surface area contributed by atoms with E-state index in [4.69, 9.17) is 5.26 Å². The third-order valence-electron chi connectivity index (χ3n) is 4.30. The lowest BCUT2D eigenvalue weighted by Gasteiger charge is -2.18. The molecule has 0 atom stereocenters. The number of ketones is 1. The predicted octanol–water partition coefficient (Wildman–Crippen LogP) is 6.95. The van der Waals surface area contributed by atoms with Crippen molar-refractivity contribution in [1.29, 1.82) is 5.26 Å². The van der Waals surface area contributed by atoms with Gasteiger partial charge in [-0.3, -0.25) is 4.79 Å². The van der Waals surface area contributed by atoms with E-state index in [2.05, 4.69) is 0 Å². The number of rotatable bonds is 4. The molecule has 0 amide bonds. The normalized spacial score (nSPS) is 13.8. The average Bonchev–Trinajstić information content (AvgIpc) is 2.71. The first kappa shape index (κ1) is 26.6. The van der Waals surface area contributed by atoms with Crippen LogP contribution in [0, 0.1) is 11.3 Å². The van der Waals surface area contributed by atoms with E-state index in [0.29, 0.717) is 24.3 Å². The van der Waals surface area contributed by atoms with Crippen LogP contribution in [0.25, 0.3) is 16.9 Å². The smallest absolute Gasteiger partial charge is 0.461 e. The van der Waals surface area contributed by atoms with E-state index in [1.807, 2.05) is 0 Å². The minimum absolute atomic E-state index is 0.127. The molecule has 0 heterocycles. The van der Waals surface area contributed by atoms with Crippen molar-refractivity contribution in [3.05, 3.63) is 64.7 Å². The molecule has 2 aromatic rings. The van der Waals surface area contributed by atoms with Gasteiger partial charge in [0.15, 0.2) is 0 Å². The van der Waals surface area contributed by atoms with E-state index in [0.717, 1.165) is 18.2 Å². The molecule has 0 fully saturated rings. The Morgan fingerprint density at radius 3 is 1.53 bits per heavy atom. The molecule has 0 saturated heterocycles. The highest BCUT2D eigenvalue weighted by Gasteiger charge is 2.64. The maximum absolute atomic E-state index is 13.2. The van der Waals surface area contributed by atoms with Gasteiger partial charge < -0.3 is 5.11 Å². The molecule has 0 aliphatic rings. The third-order valence-corrected chi connectivity index (χ3v) is 4.30. The topological polar surface area (TPSA) is 61.1 Å². The number of alkyl halides is 11. The summed E-state index contributed by atoms with van der Waals surface area (Å²) in [5.41, 5.74) is -6.84. The second-order valence-corrected chi connectivity index (χ2v) is 6.61. The molecule has 0 aliphatic heterocycles. The number of nitriles is 1. The van der Waals surface area contributed by atoms with Crippen LogP contribution < -0.4 is 0 Å². The zero-order valence-electron chi connectivity index (χ0n) is 16.0. The Hall–Kier alpha value is -3.63. The second-order valence-electron chi connectivity index (χ2n) is 6.61. The van der Waals surface area contributed by atoms with Crippen LogP contribution in [0.3, 0.4) is 0 Å². The van der Waals surface area contributed by atoms with Crippen molar-refractivity contribution in [2.45, 2.75) is 24.5 Å². The molecule has 0 bridgehead atoms. The second kappa shape index (κ2) is 8.62. The van der Waals surface area contributed by atoms with Crippen LogP contribution in [0.4, 0.5) is 48.3 Å². The van der Waals surface area contributed by atoms with Gasteiger partial charge in [-0.1, -0.05) is 24.3 Å².